The van der Waals surface area contributed by atoms with Crippen molar-refractivity contribution in [3.05, 3.63) is 63.5 Å². The molecular weight excluding hydrogens is 422 g/mol. The molecular formula is C24H29N5O2S. The van der Waals surface area contributed by atoms with Gasteiger partial charge in [0.15, 0.2) is 0 Å². The number of carbonyl (C=O) groups is 1. The number of carbonyl (C=O) groups excluding carboxylic acids is 1. The molecule has 0 aliphatic carbocycles. The van der Waals surface area contributed by atoms with Crippen molar-refractivity contribution in [2.75, 3.05) is 31.1 Å². The van der Waals surface area contributed by atoms with Crippen LogP contribution in [0.3, 0.4) is 0 Å². The van der Waals surface area contributed by atoms with Gasteiger partial charge in [0.05, 0.1) is 10.7 Å². The molecule has 0 atom stereocenters. The molecule has 7 nitrogen and oxygen atoms in total. The Balaban J connectivity index is 1.37. The molecule has 2 aromatic heterocycles. The third-order valence-corrected chi connectivity index (χ3v) is 6.22. The third-order valence-electron chi connectivity index (χ3n) is 5.40. The summed E-state index contributed by atoms with van der Waals surface area (Å²) < 4.78 is 5.85. The Kier molecular flexibility index (Phi) is 6.69. The normalized spacial score (nSPS) is 14.2. The predicted octanol–water partition coefficient (Wildman–Crippen LogP) is 4.21. The first-order valence-electron chi connectivity index (χ1n) is 10.9. The molecule has 0 saturated carbocycles. The summed E-state index contributed by atoms with van der Waals surface area (Å²) in [6.45, 7) is 11.4. The SMILES string of the molecule is Cc1cc(N2CCN(C(=O)c3cccc(OCc4csc(C)n4)c3)CC2)nc(C(C)C)n1. The van der Waals surface area contributed by atoms with Crippen molar-refractivity contribution in [2.24, 2.45) is 0 Å². The Morgan fingerprint density at radius 3 is 2.56 bits per heavy atom. The molecule has 0 bridgehead atoms. The molecule has 1 saturated heterocycles. The van der Waals surface area contributed by atoms with E-state index in [1.165, 1.54) is 0 Å². The van der Waals surface area contributed by atoms with Crippen LogP contribution in [0.5, 0.6) is 5.75 Å². The number of hydrogen-bond donors (Lipinski definition) is 0. The highest BCUT2D eigenvalue weighted by Crippen LogP contribution is 2.21. The number of rotatable bonds is 6. The number of benzene rings is 1. The van der Waals surface area contributed by atoms with E-state index in [4.69, 9.17) is 9.72 Å². The molecule has 4 rings (SSSR count). The Morgan fingerprint density at radius 1 is 1.09 bits per heavy atom. The van der Waals surface area contributed by atoms with Gasteiger partial charge in [-0.25, -0.2) is 15.0 Å². The quantitative estimate of drug-likeness (QED) is 0.559. The molecule has 168 valence electrons. The lowest BCUT2D eigenvalue weighted by atomic mass is 10.1. The minimum absolute atomic E-state index is 0.0290. The first-order valence-corrected chi connectivity index (χ1v) is 11.8. The molecule has 32 heavy (non-hydrogen) atoms. The van der Waals surface area contributed by atoms with Crippen LogP contribution in [0, 0.1) is 13.8 Å². The lowest BCUT2D eigenvalue weighted by molar-refractivity contribution is 0.0746. The van der Waals surface area contributed by atoms with E-state index in [2.05, 4.69) is 28.7 Å². The Bertz CT molecular complexity index is 1090. The van der Waals surface area contributed by atoms with Crippen LogP contribution in [0.2, 0.25) is 0 Å². The zero-order valence-electron chi connectivity index (χ0n) is 19.0. The second-order valence-corrected chi connectivity index (χ2v) is 9.40. The topological polar surface area (TPSA) is 71.5 Å². The van der Waals surface area contributed by atoms with Crippen LogP contribution < -0.4 is 9.64 Å². The fourth-order valence-corrected chi connectivity index (χ4v) is 4.26. The lowest BCUT2D eigenvalue weighted by Gasteiger charge is -2.35. The van der Waals surface area contributed by atoms with Crippen molar-refractivity contribution in [2.45, 2.75) is 40.2 Å². The highest BCUT2D eigenvalue weighted by molar-refractivity contribution is 7.09. The monoisotopic (exact) mass is 451 g/mol. The zero-order valence-corrected chi connectivity index (χ0v) is 19.9. The minimum Gasteiger partial charge on any atom is -0.487 e. The maximum absolute atomic E-state index is 13.1. The van der Waals surface area contributed by atoms with Crippen LogP contribution in [0.15, 0.2) is 35.7 Å². The van der Waals surface area contributed by atoms with Crippen LogP contribution in [-0.4, -0.2) is 51.9 Å². The molecule has 1 aromatic carbocycles. The summed E-state index contributed by atoms with van der Waals surface area (Å²) in [6.07, 6.45) is 0. The second-order valence-electron chi connectivity index (χ2n) is 8.33. The van der Waals surface area contributed by atoms with E-state index in [0.717, 1.165) is 41.1 Å². The number of hydrogen-bond acceptors (Lipinski definition) is 7. The summed E-state index contributed by atoms with van der Waals surface area (Å²) in [5.74, 6) is 2.80. The molecule has 3 aromatic rings. The van der Waals surface area contributed by atoms with E-state index in [0.29, 0.717) is 31.0 Å². The number of piperazine rings is 1. The van der Waals surface area contributed by atoms with Crippen molar-refractivity contribution in [1.29, 1.82) is 0 Å². The first kappa shape index (κ1) is 22.2. The first-order chi connectivity index (χ1) is 15.4. The third kappa shape index (κ3) is 5.24. The van der Waals surface area contributed by atoms with Crippen molar-refractivity contribution < 1.29 is 9.53 Å². The van der Waals surface area contributed by atoms with Gasteiger partial charge in [-0.1, -0.05) is 19.9 Å². The highest BCUT2D eigenvalue weighted by Gasteiger charge is 2.24. The van der Waals surface area contributed by atoms with Crippen molar-refractivity contribution >= 4 is 23.1 Å². The van der Waals surface area contributed by atoms with Crippen LogP contribution in [0.4, 0.5) is 5.82 Å². The average Bonchev–Trinajstić information content (AvgIpc) is 3.22. The molecule has 8 heteroatoms. The van der Waals surface area contributed by atoms with E-state index in [1.807, 2.05) is 54.5 Å². The smallest absolute Gasteiger partial charge is 0.254 e. The predicted molar refractivity (Wildman–Crippen MR) is 127 cm³/mol. The van der Waals surface area contributed by atoms with Gasteiger partial charge in [0.2, 0.25) is 0 Å². The van der Waals surface area contributed by atoms with Gasteiger partial charge >= 0.3 is 0 Å². The number of aromatic nitrogens is 3. The van der Waals surface area contributed by atoms with Crippen molar-refractivity contribution in [3.8, 4) is 5.75 Å². The van der Waals surface area contributed by atoms with E-state index in [-0.39, 0.29) is 11.8 Å². The summed E-state index contributed by atoms with van der Waals surface area (Å²) in [5.41, 5.74) is 2.52. The van der Waals surface area contributed by atoms with Crippen molar-refractivity contribution in [1.82, 2.24) is 19.9 Å². The van der Waals surface area contributed by atoms with Gasteiger partial charge in [-0.2, -0.15) is 0 Å². The average molecular weight is 452 g/mol. The summed E-state index contributed by atoms with van der Waals surface area (Å²) in [5, 5.41) is 3.01. The van der Waals surface area contributed by atoms with E-state index >= 15 is 0 Å². The number of anilines is 1. The van der Waals surface area contributed by atoms with Crippen LogP contribution >= 0.6 is 11.3 Å². The van der Waals surface area contributed by atoms with Gasteiger partial charge in [0.1, 0.15) is 24.0 Å². The molecule has 0 unspecified atom stereocenters. The Hall–Kier alpha value is -3.00. The second kappa shape index (κ2) is 9.65. The fraction of sp³-hybridized carbons (Fsp3) is 0.417. The van der Waals surface area contributed by atoms with Crippen LogP contribution in [0.25, 0.3) is 0 Å². The lowest BCUT2D eigenvalue weighted by Crippen LogP contribution is -2.49. The van der Waals surface area contributed by atoms with Gasteiger partial charge < -0.3 is 14.5 Å². The van der Waals surface area contributed by atoms with Crippen LogP contribution in [-0.2, 0) is 6.61 Å². The molecule has 0 spiro atoms. The molecule has 1 aliphatic heterocycles. The molecule has 1 aliphatic rings. The minimum atomic E-state index is 0.0290. The summed E-state index contributed by atoms with van der Waals surface area (Å²) in [6, 6.07) is 9.42. The maximum atomic E-state index is 13.1. The molecule has 0 N–H and O–H groups in total. The maximum Gasteiger partial charge on any atom is 0.254 e. The van der Waals surface area contributed by atoms with Gasteiger partial charge in [0, 0.05) is 54.8 Å². The van der Waals surface area contributed by atoms with E-state index < -0.39 is 0 Å². The van der Waals surface area contributed by atoms with E-state index in [9.17, 15) is 4.79 Å². The van der Waals surface area contributed by atoms with Gasteiger partial charge in [-0.3, -0.25) is 4.79 Å². The molecule has 1 fully saturated rings. The highest BCUT2D eigenvalue weighted by atomic mass is 32.1. The molecule has 3 heterocycles. The number of ether oxygens (including phenoxy) is 1. The fourth-order valence-electron chi connectivity index (χ4n) is 3.67. The summed E-state index contributed by atoms with van der Waals surface area (Å²) in [7, 11) is 0. The number of aryl methyl sites for hydroxylation is 2. The molecule has 1 amide bonds. The van der Waals surface area contributed by atoms with Crippen LogP contribution in [0.1, 0.15) is 52.3 Å². The Labute approximate surface area is 193 Å². The largest absolute Gasteiger partial charge is 0.487 e. The van der Waals surface area contributed by atoms with E-state index in [1.54, 1.807) is 11.3 Å². The van der Waals surface area contributed by atoms with Gasteiger partial charge in [-0.15, -0.1) is 11.3 Å². The number of nitrogens with zero attached hydrogens (tertiary/aromatic N) is 5. The van der Waals surface area contributed by atoms with Crippen molar-refractivity contribution in [3.63, 3.8) is 0 Å². The number of thiazole rings is 1. The Morgan fingerprint density at radius 2 is 1.88 bits per heavy atom. The zero-order chi connectivity index (χ0) is 22.7. The summed E-state index contributed by atoms with van der Waals surface area (Å²) >= 11 is 1.60. The number of amides is 1. The standard InChI is InChI=1S/C24H29N5O2S/c1-16(2)23-25-17(3)12-22(27-23)28-8-10-29(11-9-28)24(30)19-6-5-7-21(13-19)31-14-20-15-32-18(4)26-20/h5-7,12-13,15-16H,8-11,14H2,1-4H3. The summed E-state index contributed by atoms with van der Waals surface area (Å²) in [4.78, 5) is 30.9. The van der Waals surface area contributed by atoms with Gasteiger partial charge in [0.25, 0.3) is 5.91 Å². The van der Waals surface area contributed by atoms with Gasteiger partial charge in [-0.05, 0) is 32.0 Å². The molecule has 0 radical (unpaired) electrons.